The summed E-state index contributed by atoms with van der Waals surface area (Å²) in [6.07, 6.45) is -0.786. The molecule has 0 bridgehead atoms. The molecule has 0 radical (unpaired) electrons. The number of aromatic nitrogens is 1. The SMILES string of the molecule is CCNC(=NCc1ccnc(OCC(F)(F)F)c1)N1CCOC(C2CCCO2)C1.I. The van der Waals surface area contributed by atoms with Gasteiger partial charge in [-0.3, -0.25) is 0 Å². The molecule has 7 nitrogen and oxygen atoms in total. The molecule has 0 aliphatic carbocycles. The molecule has 3 heterocycles. The molecule has 170 valence electrons. The van der Waals surface area contributed by atoms with E-state index in [0.717, 1.165) is 31.0 Å². The van der Waals surface area contributed by atoms with Gasteiger partial charge in [0.05, 0.1) is 19.3 Å². The van der Waals surface area contributed by atoms with Crippen molar-refractivity contribution in [2.45, 2.75) is 44.7 Å². The zero-order valence-corrected chi connectivity index (χ0v) is 19.2. The summed E-state index contributed by atoms with van der Waals surface area (Å²) in [6, 6.07) is 3.19. The molecule has 30 heavy (non-hydrogen) atoms. The third-order valence-corrected chi connectivity index (χ3v) is 4.70. The Balaban J connectivity index is 0.00000320. The van der Waals surface area contributed by atoms with E-state index in [1.54, 1.807) is 6.07 Å². The predicted molar refractivity (Wildman–Crippen MR) is 116 cm³/mol. The Morgan fingerprint density at radius 1 is 1.33 bits per heavy atom. The van der Waals surface area contributed by atoms with Crippen LogP contribution >= 0.6 is 24.0 Å². The average Bonchev–Trinajstić information content (AvgIpc) is 3.24. The summed E-state index contributed by atoms with van der Waals surface area (Å²) in [5.41, 5.74) is 0.719. The van der Waals surface area contributed by atoms with Crippen molar-refractivity contribution in [3.05, 3.63) is 23.9 Å². The Kier molecular flexibility index (Phi) is 9.88. The van der Waals surface area contributed by atoms with Crippen molar-refractivity contribution in [1.29, 1.82) is 0 Å². The molecule has 2 aliphatic heterocycles. The van der Waals surface area contributed by atoms with Gasteiger partial charge in [0.25, 0.3) is 0 Å². The Bertz CT molecular complexity index is 687. The number of pyridine rings is 1. The Labute approximate surface area is 191 Å². The van der Waals surface area contributed by atoms with Crippen molar-refractivity contribution in [1.82, 2.24) is 15.2 Å². The number of morpholine rings is 1. The van der Waals surface area contributed by atoms with E-state index in [4.69, 9.17) is 14.2 Å². The molecule has 2 atom stereocenters. The molecule has 2 saturated heterocycles. The topological polar surface area (TPSA) is 68.2 Å². The number of aliphatic imine (C=N–C) groups is 1. The van der Waals surface area contributed by atoms with E-state index in [-0.39, 0.29) is 42.1 Å². The van der Waals surface area contributed by atoms with E-state index < -0.39 is 12.8 Å². The van der Waals surface area contributed by atoms with E-state index >= 15 is 0 Å². The number of guanidine groups is 1. The second kappa shape index (κ2) is 11.9. The number of halogens is 4. The molecule has 0 spiro atoms. The molecule has 0 amide bonds. The molecule has 2 aliphatic rings. The molecular formula is C19H28F3IN4O3. The van der Waals surface area contributed by atoms with E-state index in [9.17, 15) is 13.2 Å². The van der Waals surface area contributed by atoms with Crippen LogP contribution in [-0.4, -0.2) is 73.7 Å². The van der Waals surface area contributed by atoms with Gasteiger partial charge in [0.1, 0.15) is 6.10 Å². The molecule has 2 unspecified atom stereocenters. The number of nitrogens with zero attached hydrogens (tertiary/aromatic N) is 3. The van der Waals surface area contributed by atoms with Crippen molar-refractivity contribution in [3.8, 4) is 5.88 Å². The van der Waals surface area contributed by atoms with Crippen LogP contribution in [0, 0.1) is 0 Å². The van der Waals surface area contributed by atoms with Crippen molar-refractivity contribution in [3.63, 3.8) is 0 Å². The number of hydrogen-bond acceptors (Lipinski definition) is 5. The third kappa shape index (κ3) is 7.73. The van der Waals surface area contributed by atoms with Crippen LogP contribution in [0.1, 0.15) is 25.3 Å². The summed E-state index contributed by atoms with van der Waals surface area (Å²) in [5.74, 6) is 0.679. The number of rotatable bonds is 6. The highest BCUT2D eigenvalue weighted by atomic mass is 127. The Morgan fingerprint density at radius 3 is 2.83 bits per heavy atom. The largest absolute Gasteiger partial charge is 0.468 e. The fourth-order valence-corrected chi connectivity index (χ4v) is 3.36. The highest BCUT2D eigenvalue weighted by Crippen LogP contribution is 2.21. The van der Waals surface area contributed by atoms with Crippen LogP contribution in [0.2, 0.25) is 0 Å². The summed E-state index contributed by atoms with van der Waals surface area (Å²) in [5, 5.41) is 3.28. The lowest BCUT2D eigenvalue weighted by atomic mass is 10.1. The maximum Gasteiger partial charge on any atom is 0.422 e. The second-order valence-electron chi connectivity index (χ2n) is 6.98. The van der Waals surface area contributed by atoms with Crippen molar-refractivity contribution >= 4 is 29.9 Å². The van der Waals surface area contributed by atoms with Crippen LogP contribution < -0.4 is 10.1 Å². The molecule has 11 heteroatoms. The fourth-order valence-electron chi connectivity index (χ4n) is 3.36. The minimum absolute atomic E-state index is 0. The quantitative estimate of drug-likeness (QED) is 0.338. The minimum atomic E-state index is -4.40. The molecule has 1 aromatic rings. The zero-order valence-electron chi connectivity index (χ0n) is 16.9. The van der Waals surface area contributed by atoms with Gasteiger partial charge in [-0.05, 0) is 31.4 Å². The van der Waals surface area contributed by atoms with E-state index in [1.807, 2.05) is 6.92 Å². The summed E-state index contributed by atoms with van der Waals surface area (Å²) >= 11 is 0. The zero-order chi connectivity index (χ0) is 20.7. The van der Waals surface area contributed by atoms with Crippen molar-refractivity contribution in [2.75, 3.05) is 39.5 Å². The van der Waals surface area contributed by atoms with Gasteiger partial charge in [-0.1, -0.05) is 0 Å². The molecule has 3 rings (SSSR count). The molecule has 2 fully saturated rings. The Hall–Kier alpha value is -1.34. The Morgan fingerprint density at radius 2 is 2.13 bits per heavy atom. The highest BCUT2D eigenvalue weighted by molar-refractivity contribution is 14.0. The van der Waals surface area contributed by atoms with Gasteiger partial charge < -0.3 is 24.4 Å². The lowest BCUT2D eigenvalue weighted by Gasteiger charge is -2.37. The fraction of sp³-hybridized carbons (Fsp3) is 0.684. The summed E-state index contributed by atoms with van der Waals surface area (Å²) in [7, 11) is 0. The predicted octanol–water partition coefficient (Wildman–Crippen LogP) is 2.99. The second-order valence-corrected chi connectivity index (χ2v) is 6.98. The monoisotopic (exact) mass is 544 g/mol. The molecule has 0 saturated carbocycles. The van der Waals surface area contributed by atoms with Gasteiger partial charge in [0.15, 0.2) is 12.6 Å². The van der Waals surface area contributed by atoms with E-state index in [1.165, 1.54) is 12.3 Å². The number of hydrogen-bond donors (Lipinski definition) is 1. The minimum Gasteiger partial charge on any atom is -0.468 e. The summed E-state index contributed by atoms with van der Waals surface area (Å²) in [4.78, 5) is 10.6. The van der Waals surface area contributed by atoms with Gasteiger partial charge in [-0.25, -0.2) is 9.98 Å². The number of ether oxygens (including phenoxy) is 3. The van der Waals surface area contributed by atoms with Gasteiger partial charge in [-0.15, -0.1) is 24.0 Å². The first-order chi connectivity index (χ1) is 13.9. The van der Waals surface area contributed by atoms with Gasteiger partial charge in [0.2, 0.25) is 5.88 Å². The molecule has 0 aromatic carbocycles. The average molecular weight is 544 g/mol. The standard InChI is InChI=1S/C19H27F3N4O3.HI/c1-2-23-18(26-7-9-28-16(12-26)15-4-3-8-27-15)25-11-14-5-6-24-17(10-14)29-13-19(20,21)22;/h5-6,10,15-16H,2-4,7-9,11-13H2,1H3,(H,23,25);1H. The normalized spacial score (nSPS) is 22.5. The van der Waals surface area contributed by atoms with Crippen LogP contribution in [0.4, 0.5) is 13.2 Å². The van der Waals surface area contributed by atoms with Crippen LogP contribution in [0.3, 0.4) is 0 Å². The van der Waals surface area contributed by atoms with Gasteiger partial charge in [0, 0.05) is 38.5 Å². The van der Waals surface area contributed by atoms with Gasteiger partial charge in [-0.2, -0.15) is 13.2 Å². The lowest BCUT2D eigenvalue weighted by molar-refractivity contribution is -0.154. The van der Waals surface area contributed by atoms with Crippen molar-refractivity contribution in [2.24, 2.45) is 4.99 Å². The smallest absolute Gasteiger partial charge is 0.422 e. The maximum absolute atomic E-state index is 12.3. The number of alkyl halides is 3. The number of nitrogens with one attached hydrogen (secondary N) is 1. The van der Waals surface area contributed by atoms with Crippen LogP contribution in [0.15, 0.2) is 23.3 Å². The highest BCUT2D eigenvalue weighted by Gasteiger charge is 2.32. The first kappa shape index (κ1) is 24.9. The van der Waals surface area contributed by atoms with E-state index in [2.05, 4.69) is 20.2 Å². The van der Waals surface area contributed by atoms with Crippen molar-refractivity contribution < 1.29 is 27.4 Å². The lowest BCUT2D eigenvalue weighted by Crippen LogP contribution is -2.53. The summed E-state index contributed by atoms with van der Waals surface area (Å²) in [6.45, 7) is 4.40. The van der Waals surface area contributed by atoms with Crippen LogP contribution in [0.5, 0.6) is 5.88 Å². The molecule has 1 aromatic heterocycles. The van der Waals surface area contributed by atoms with Crippen LogP contribution in [-0.2, 0) is 16.0 Å². The van der Waals surface area contributed by atoms with Crippen LogP contribution in [0.25, 0.3) is 0 Å². The summed E-state index contributed by atoms with van der Waals surface area (Å²) < 4.78 is 53.3. The maximum atomic E-state index is 12.3. The van der Waals surface area contributed by atoms with E-state index in [0.29, 0.717) is 32.8 Å². The third-order valence-electron chi connectivity index (χ3n) is 4.70. The molecular weight excluding hydrogens is 516 g/mol. The molecule has 1 N–H and O–H groups in total. The first-order valence-corrected chi connectivity index (χ1v) is 9.85. The first-order valence-electron chi connectivity index (χ1n) is 9.85. The van der Waals surface area contributed by atoms with Gasteiger partial charge >= 0.3 is 6.18 Å².